The highest BCUT2D eigenvalue weighted by Crippen LogP contribution is 2.23. The van der Waals surface area contributed by atoms with Gasteiger partial charge in [0.15, 0.2) is 5.78 Å². The number of aliphatic carboxylic acids is 1. The van der Waals surface area contributed by atoms with Gasteiger partial charge in [-0.15, -0.1) is 0 Å². The van der Waals surface area contributed by atoms with Gasteiger partial charge in [0.1, 0.15) is 5.82 Å². The fourth-order valence-corrected chi connectivity index (χ4v) is 3.32. The third-order valence-corrected chi connectivity index (χ3v) is 4.68. The van der Waals surface area contributed by atoms with Crippen LogP contribution in [0.25, 0.3) is 0 Å². The third kappa shape index (κ3) is 5.37. The Labute approximate surface area is 146 Å². The second-order valence-corrected chi connectivity index (χ2v) is 6.65. The van der Waals surface area contributed by atoms with Gasteiger partial charge in [-0.3, -0.25) is 14.4 Å². The summed E-state index contributed by atoms with van der Waals surface area (Å²) in [4.78, 5) is 37.5. The van der Waals surface area contributed by atoms with Crippen molar-refractivity contribution in [3.63, 3.8) is 0 Å². The molecule has 1 amide bonds. The monoisotopic (exact) mass is 349 g/mol. The minimum atomic E-state index is -0.868. The molecule has 0 bridgehead atoms. The third-order valence-electron chi connectivity index (χ3n) is 4.68. The number of likely N-dealkylation sites (tertiary alicyclic amines) is 1. The summed E-state index contributed by atoms with van der Waals surface area (Å²) < 4.78 is 13.3. The van der Waals surface area contributed by atoms with Gasteiger partial charge in [-0.25, -0.2) is 4.39 Å². The van der Waals surface area contributed by atoms with Gasteiger partial charge in [-0.05, 0) is 37.8 Å². The van der Waals surface area contributed by atoms with Gasteiger partial charge in [0.05, 0.1) is 0 Å². The van der Waals surface area contributed by atoms with Gasteiger partial charge >= 0.3 is 5.97 Å². The molecule has 0 aliphatic carbocycles. The van der Waals surface area contributed by atoms with Crippen LogP contribution < -0.4 is 0 Å². The van der Waals surface area contributed by atoms with Crippen LogP contribution in [-0.4, -0.2) is 40.3 Å². The topological polar surface area (TPSA) is 74.7 Å². The predicted molar refractivity (Wildman–Crippen MR) is 90.7 cm³/mol. The number of piperidine rings is 1. The van der Waals surface area contributed by atoms with Crippen LogP contribution in [0.15, 0.2) is 24.3 Å². The fourth-order valence-electron chi connectivity index (χ4n) is 3.32. The first-order valence-electron chi connectivity index (χ1n) is 8.69. The number of ketones is 1. The molecule has 0 radical (unpaired) electrons. The highest BCUT2D eigenvalue weighted by molar-refractivity contribution is 5.99. The number of nitrogens with zero attached hydrogens (tertiary/aromatic N) is 1. The van der Waals surface area contributed by atoms with E-state index in [0.717, 1.165) is 19.3 Å². The highest BCUT2D eigenvalue weighted by Gasteiger charge is 2.29. The number of carbonyl (C=O) groups excluding carboxylic acids is 2. The molecule has 136 valence electrons. The molecule has 2 unspecified atom stereocenters. The summed E-state index contributed by atoms with van der Waals surface area (Å²) in [5, 5.41) is 8.86. The minimum Gasteiger partial charge on any atom is -0.481 e. The summed E-state index contributed by atoms with van der Waals surface area (Å²) in [6, 6.07) is 5.40. The van der Waals surface area contributed by atoms with Crippen molar-refractivity contribution >= 4 is 17.7 Å². The van der Waals surface area contributed by atoms with Crippen molar-refractivity contribution in [2.24, 2.45) is 5.92 Å². The van der Waals surface area contributed by atoms with Crippen molar-refractivity contribution in [3.8, 4) is 0 Å². The van der Waals surface area contributed by atoms with Crippen LogP contribution in [-0.2, 0) is 9.59 Å². The van der Waals surface area contributed by atoms with Crippen molar-refractivity contribution in [2.75, 3.05) is 6.54 Å². The zero-order chi connectivity index (χ0) is 18.4. The Morgan fingerprint density at radius 1 is 1.32 bits per heavy atom. The largest absolute Gasteiger partial charge is 0.481 e. The molecule has 1 saturated heterocycles. The lowest BCUT2D eigenvalue weighted by Gasteiger charge is -2.36. The van der Waals surface area contributed by atoms with Gasteiger partial charge < -0.3 is 10.0 Å². The molecule has 2 atom stereocenters. The van der Waals surface area contributed by atoms with Crippen LogP contribution >= 0.6 is 0 Å². The van der Waals surface area contributed by atoms with E-state index in [1.807, 2.05) is 0 Å². The van der Waals surface area contributed by atoms with Crippen LogP contribution in [0, 0.1) is 11.7 Å². The molecule has 0 aromatic heterocycles. The maximum absolute atomic E-state index is 13.3. The van der Waals surface area contributed by atoms with Crippen LogP contribution in [0.2, 0.25) is 0 Å². The van der Waals surface area contributed by atoms with Gasteiger partial charge in [0, 0.05) is 36.9 Å². The average molecular weight is 349 g/mol. The van der Waals surface area contributed by atoms with Crippen LogP contribution in [0.5, 0.6) is 0 Å². The number of carboxylic acids is 1. The number of amides is 1. The van der Waals surface area contributed by atoms with Crippen molar-refractivity contribution in [2.45, 2.75) is 51.5 Å². The van der Waals surface area contributed by atoms with E-state index in [-0.39, 0.29) is 36.1 Å². The molecule has 25 heavy (non-hydrogen) atoms. The maximum atomic E-state index is 13.3. The summed E-state index contributed by atoms with van der Waals surface area (Å²) in [5.41, 5.74) is 0.265. The van der Waals surface area contributed by atoms with E-state index < -0.39 is 17.7 Å². The number of Topliss-reactive ketones (excluding diaryl/α,β-unsaturated/α-hetero) is 1. The zero-order valence-electron chi connectivity index (χ0n) is 14.4. The normalized spacial score (nSPS) is 18.6. The van der Waals surface area contributed by atoms with E-state index in [1.165, 1.54) is 18.2 Å². The van der Waals surface area contributed by atoms with Crippen LogP contribution in [0.4, 0.5) is 4.39 Å². The second kappa shape index (κ2) is 8.74. The summed E-state index contributed by atoms with van der Waals surface area (Å²) in [7, 11) is 0. The summed E-state index contributed by atoms with van der Waals surface area (Å²) >= 11 is 0. The molecule has 0 saturated carbocycles. The SMILES string of the molecule is CC(CC(=O)N1CCCCC1CCC(=O)O)C(=O)c1cccc(F)c1. The van der Waals surface area contributed by atoms with Crippen LogP contribution in [0.1, 0.15) is 55.8 Å². The molecule has 1 heterocycles. The van der Waals surface area contributed by atoms with E-state index in [1.54, 1.807) is 17.9 Å². The Morgan fingerprint density at radius 2 is 2.08 bits per heavy atom. The Balaban J connectivity index is 1.98. The summed E-state index contributed by atoms with van der Waals surface area (Å²) in [6.45, 7) is 2.27. The molecule has 0 spiro atoms. The summed E-state index contributed by atoms with van der Waals surface area (Å²) in [5.74, 6) is -2.28. The number of rotatable bonds is 7. The fraction of sp³-hybridized carbons (Fsp3) is 0.526. The second-order valence-electron chi connectivity index (χ2n) is 6.65. The van der Waals surface area contributed by atoms with Gasteiger partial charge in [0.25, 0.3) is 0 Å². The molecule has 2 rings (SSSR count). The molecule has 5 nitrogen and oxygen atoms in total. The van der Waals surface area contributed by atoms with Crippen LogP contribution in [0.3, 0.4) is 0 Å². The average Bonchev–Trinajstić information content (AvgIpc) is 2.59. The van der Waals surface area contributed by atoms with Crippen molar-refractivity contribution < 1.29 is 23.9 Å². The van der Waals surface area contributed by atoms with E-state index in [0.29, 0.717) is 13.0 Å². The van der Waals surface area contributed by atoms with Gasteiger partial charge in [0.2, 0.25) is 5.91 Å². The number of hydrogen-bond donors (Lipinski definition) is 1. The lowest BCUT2D eigenvalue weighted by molar-refractivity contribution is -0.140. The molecule has 1 aliphatic heterocycles. The van der Waals surface area contributed by atoms with Gasteiger partial charge in [-0.1, -0.05) is 19.1 Å². The van der Waals surface area contributed by atoms with E-state index >= 15 is 0 Å². The van der Waals surface area contributed by atoms with Crippen molar-refractivity contribution in [3.05, 3.63) is 35.6 Å². The number of hydrogen-bond acceptors (Lipinski definition) is 3. The molecule has 1 aliphatic rings. The first kappa shape index (κ1) is 19.1. The molecule has 6 heteroatoms. The number of carboxylic acid groups (broad SMARTS) is 1. The quantitative estimate of drug-likeness (QED) is 0.767. The number of carbonyl (C=O) groups is 3. The smallest absolute Gasteiger partial charge is 0.303 e. The summed E-state index contributed by atoms with van der Waals surface area (Å²) in [6.07, 6.45) is 3.19. The van der Waals surface area contributed by atoms with E-state index in [2.05, 4.69) is 0 Å². The van der Waals surface area contributed by atoms with Crippen molar-refractivity contribution in [1.29, 1.82) is 0 Å². The molecular formula is C19H24FNO4. The highest BCUT2D eigenvalue weighted by atomic mass is 19.1. The minimum absolute atomic E-state index is 0.0340. The van der Waals surface area contributed by atoms with Crippen molar-refractivity contribution in [1.82, 2.24) is 4.90 Å². The first-order valence-corrected chi connectivity index (χ1v) is 8.69. The standard InChI is InChI=1S/C19H24FNO4/c1-13(19(25)14-5-4-6-15(20)12-14)11-17(22)21-10-3-2-7-16(21)8-9-18(23)24/h4-6,12-13,16H,2-3,7-11H2,1H3,(H,23,24). The molecule has 1 aromatic carbocycles. The molecule has 1 aromatic rings. The zero-order valence-corrected chi connectivity index (χ0v) is 14.4. The maximum Gasteiger partial charge on any atom is 0.303 e. The Bertz CT molecular complexity index is 646. The number of halogens is 1. The Kier molecular flexibility index (Phi) is 6.67. The molecular weight excluding hydrogens is 325 g/mol. The Hall–Kier alpha value is -2.24. The molecule has 1 N–H and O–H groups in total. The predicted octanol–water partition coefficient (Wildman–Crippen LogP) is 3.28. The van der Waals surface area contributed by atoms with E-state index in [4.69, 9.17) is 5.11 Å². The molecule has 1 fully saturated rings. The lowest BCUT2D eigenvalue weighted by atomic mass is 9.93. The first-order chi connectivity index (χ1) is 11.9. The lowest BCUT2D eigenvalue weighted by Crippen LogP contribution is -2.44. The van der Waals surface area contributed by atoms with Gasteiger partial charge in [-0.2, -0.15) is 0 Å². The van der Waals surface area contributed by atoms with E-state index in [9.17, 15) is 18.8 Å². The number of benzene rings is 1. The Morgan fingerprint density at radius 3 is 2.76 bits per heavy atom.